The summed E-state index contributed by atoms with van der Waals surface area (Å²) in [5, 5.41) is 3.46. The van der Waals surface area contributed by atoms with Crippen LogP contribution < -0.4 is 5.32 Å². The molecule has 0 saturated carbocycles. The topological polar surface area (TPSA) is 28.2 Å². The summed E-state index contributed by atoms with van der Waals surface area (Å²) in [6.07, 6.45) is 6.54. The van der Waals surface area contributed by atoms with Crippen molar-refractivity contribution in [2.75, 3.05) is 26.2 Å². The molecule has 0 bridgehead atoms. The first-order valence-electron chi connectivity index (χ1n) is 7.12. The molecule has 0 radical (unpaired) electrons. The second-order valence-corrected chi connectivity index (χ2v) is 5.33. The number of hydrogen-bond acceptors (Lipinski definition) is 3. The first-order chi connectivity index (χ1) is 8.79. The molecule has 1 aromatic rings. The fraction of sp³-hybridized carbons (Fsp3) is 0.667. The molecular weight excluding hydrogens is 222 g/mol. The molecule has 0 aromatic carbocycles. The lowest BCUT2D eigenvalue weighted by molar-refractivity contribution is 0.175. The zero-order valence-corrected chi connectivity index (χ0v) is 11.7. The van der Waals surface area contributed by atoms with Crippen LogP contribution >= 0.6 is 0 Å². The van der Waals surface area contributed by atoms with Crippen LogP contribution in [0.5, 0.6) is 0 Å². The highest BCUT2D eigenvalue weighted by atomic mass is 15.1. The molecule has 1 aromatic heterocycles. The summed E-state index contributed by atoms with van der Waals surface area (Å²) < 4.78 is 0. The van der Waals surface area contributed by atoms with Gasteiger partial charge in [0.05, 0.1) is 0 Å². The van der Waals surface area contributed by atoms with Gasteiger partial charge in [0, 0.05) is 18.9 Å². The summed E-state index contributed by atoms with van der Waals surface area (Å²) in [4.78, 5) is 6.79. The summed E-state index contributed by atoms with van der Waals surface area (Å²) >= 11 is 0. The average Bonchev–Trinajstić information content (AvgIpc) is 2.41. The van der Waals surface area contributed by atoms with Crippen molar-refractivity contribution < 1.29 is 0 Å². The summed E-state index contributed by atoms with van der Waals surface area (Å²) in [6, 6.07) is 2.10. The molecule has 3 nitrogen and oxygen atoms in total. The second kappa shape index (κ2) is 6.86. The second-order valence-electron chi connectivity index (χ2n) is 5.33. The number of aromatic nitrogens is 1. The van der Waals surface area contributed by atoms with E-state index in [9.17, 15) is 0 Å². The Bertz CT molecular complexity index is 357. The van der Waals surface area contributed by atoms with E-state index in [0.29, 0.717) is 0 Å². The Morgan fingerprint density at radius 1 is 1.39 bits per heavy atom. The van der Waals surface area contributed by atoms with E-state index in [4.69, 9.17) is 0 Å². The molecule has 1 aliphatic rings. The third-order valence-electron chi connectivity index (χ3n) is 3.93. The average molecular weight is 247 g/mol. The number of nitrogens with zero attached hydrogens (tertiary/aromatic N) is 2. The third kappa shape index (κ3) is 3.79. The van der Waals surface area contributed by atoms with E-state index >= 15 is 0 Å². The van der Waals surface area contributed by atoms with Crippen molar-refractivity contribution in [3.8, 4) is 0 Å². The van der Waals surface area contributed by atoms with E-state index in [1.54, 1.807) is 0 Å². The highest BCUT2D eigenvalue weighted by molar-refractivity contribution is 5.21. The van der Waals surface area contributed by atoms with Crippen molar-refractivity contribution in [2.24, 2.45) is 5.92 Å². The first-order valence-corrected chi connectivity index (χ1v) is 7.12. The van der Waals surface area contributed by atoms with Gasteiger partial charge in [0.1, 0.15) is 0 Å². The molecule has 1 saturated heterocycles. The Balaban J connectivity index is 1.78. The highest BCUT2D eigenvalue weighted by Crippen LogP contribution is 2.19. The molecule has 0 spiro atoms. The number of likely N-dealkylation sites (tertiary alicyclic amines) is 1. The summed E-state index contributed by atoms with van der Waals surface area (Å²) in [5.74, 6) is 0.871. The molecule has 0 unspecified atom stereocenters. The predicted octanol–water partition coefficient (Wildman–Crippen LogP) is 2.21. The van der Waals surface area contributed by atoms with Gasteiger partial charge >= 0.3 is 0 Å². The molecule has 0 aliphatic carbocycles. The van der Waals surface area contributed by atoms with Crippen molar-refractivity contribution in [1.29, 1.82) is 0 Å². The Labute approximate surface area is 111 Å². The minimum atomic E-state index is 0.871. The first kappa shape index (κ1) is 13.5. The van der Waals surface area contributed by atoms with Crippen LogP contribution in [0.3, 0.4) is 0 Å². The van der Waals surface area contributed by atoms with Crippen LogP contribution in [0.15, 0.2) is 18.5 Å². The molecular formula is C15H25N3. The summed E-state index contributed by atoms with van der Waals surface area (Å²) in [7, 11) is 0. The van der Waals surface area contributed by atoms with E-state index in [2.05, 4.69) is 35.1 Å². The fourth-order valence-corrected chi connectivity index (χ4v) is 2.60. The summed E-state index contributed by atoms with van der Waals surface area (Å²) in [6.45, 7) is 10.2. The largest absolute Gasteiger partial charge is 0.317 e. The molecule has 2 rings (SSSR count). The minimum Gasteiger partial charge on any atom is -0.317 e. The van der Waals surface area contributed by atoms with E-state index in [1.807, 2.05) is 12.4 Å². The number of aryl methyl sites for hydroxylation is 1. The molecule has 1 aliphatic heterocycles. The van der Waals surface area contributed by atoms with E-state index < -0.39 is 0 Å². The zero-order chi connectivity index (χ0) is 12.8. The molecule has 3 heteroatoms. The smallest absolute Gasteiger partial charge is 0.0315 e. The lowest BCUT2D eigenvalue weighted by Crippen LogP contribution is -2.37. The fourth-order valence-electron chi connectivity index (χ4n) is 2.60. The Kier molecular flexibility index (Phi) is 5.14. The van der Waals surface area contributed by atoms with Gasteiger partial charge in [0.2, 0.25) is 0 Å². The Hall–Kier alpha value is -0.930. The normalized spacial score (nSPS) is 18.1. The van der Waals surface area contributed by atoms with Gasteiger partial charge in [-0.25, -0.2) is 0 Å². The van der Waals surface area contributed by atoms with Crippen molar-refractivity contribution in [2.45, 2.75) is 33.2 Å². The maximum atomic E-state index is 4.23. The van der Waals surface area contributed by atoms with E-state index in [-0.39, 0.29) is 0 Å². The number of nitrogens with one attached hydrogen (secondary N) is 1. The minimum absolute atomic E-state index is 0.871. The van der Waals surface area contributed by atoms with Gasteiger partial charge in [-0.2, -0.15) is 0 Å². The standard InChI is InChI=1S/C15H25N3/c1-3-16-10-14-5-8-18(9-6-14)12-15-11-17-7-4-13(15)2/h4,7,11,14,16H,3,5-6,8-10,12H2,1-2H3. The van der Waals surface area contributed by atoms with Crippen LogP contribution in [0.1, 0.15) is 30.9 Å². The van der Waals surface area contributed by atoms with Gasteiger partial charge in [-0.1, -0.05) is 6.92 Å². The van der Waals surface area contributed by atoms with Gasteiger partial charge in [-0.15, -0.1) is 0 Å². The number of rotatable bonds is 5. The SMILES string of the molecule is CCNCC1CCN(Cc2cnccc2C)CC1. The van der Waals surface area contributed by atoms with E-state index in [0.717, 1.165) is 19.0 Å². The van der Waals surface area contributed by atoms with Crippen LogP contribution in [0.2, 0.25) is 0 Å². The number of hydrogen-bond donors (Lipinski definition) is 1. The lowest BCUT2D eigenvalue weighted by Gasteiger charge is -2.32. The van der Waals surface area contributed by atoms with Crippen LogP contribution in [0.25, 0.3) is 0 Å². The van der Waals surface area contributed by atoms with Crippen LogP contribution in [0.4, 0.5) is 0 Å². The summed E-state index contributed by atoms with van der Waals surface area (Å²) in [5.41, 5.74) is 2.74. The molecule has 1 N–H and O–H groups in total. The molecule has 1 fully saturated rings. The van der Waals surface area contributed by atoms with Gasteiger partial charge < -0.3 is 5.32 Å². The van der Waals surface area contributed by atoms with Crippen molar-refractivity contribution in [3.05, 3.63) is 29.6 Å². The maximum absolute atomic E-state index is 4.23. The molecule has 18 heavy (non-hydrogen) atoms. The maximum Gasteiger partial charge on any atom is 0.0315 e. The Morgan fingerprint density at radius 2 is 2.17 bits per heavy atom. The van der Waals surface area contributed by atoms with Crippen molar-refractivity contribution in [1.82, 2.24) is 15.2 Å². The molecule has 2 heterocycles. The van der Waals surface area contributed by atoms with Crippen molar-refractivity contribution >= 4 is 0 Å². The van der Waals surface area contributed by atoms with Crippen LogP contribution in [-0.4, -0.2) is 36.1 Å². The zero-order valence-electron chi connectivity index (χ0n) is 11.7. The number of piperidine rings is 1. The monoisotopic (exact) mass is 247 g/mol. The van der Waals surface area contributed by atoms with Gasteiger partial charge in [-0.05, 0) is 69.1 Å². The van der Waals surface area contributed by atoms with Crippen LogP contribution in [0, 0.1) is 12.8 Å². The molecule has 0 atom stereocenters. The van der Waals surface area contributed by atoms with Crippen molar-refractivity contribution in [3.63, 3.8) is 0 Å². The lowest BCUT2D eigenvalue weighted by atomic mass is 9.96. The number of pyridine rings is 1. The predicted molar refractivity (Wildman–Crippen MR) is 75.5 cm³/mol. The van der Waals surface area contributed by atoms with Gasteiger partial charge in [0.15, 0.2) is 0 Å². The molecule has 100 valence electrons. The Morgan fingerprint density at radius 3 is 2.83 bits per heavy atom. The van der Waals surface area contributed by atoms with Gasteiger partial charge in [0.25, 0.3) is 0 Å². The highest BCUT2D eigenvalue weighted by Gasteiger charge is 2.19. The third-order valence-corrected chi connectivity index (χ3v) is 3.93. The van der Waals surface area contributed by atoms with Crippen LogP contribution in [-0.2, 0) is 6.54 Å². The quantitative estimate of drug-likeness (QED) is 0.864. The van der Waals surface area contributed by atoms with Gasteiger partial charge in [-0.3, -0.25) is 9.88 Å². The van der Waals surface area contributed by atoms with E-state index in [1.165, 1.54) is 43.6 Å². The molecule has 0 amide bonds.